The molecule has 1 unspecified atom stereocenters. The van der Waals surface area contributed by atoms with Gasteiger partial charge in [0.1, 0.15) is 0 Å². The second-order valence-electron chi connectivity index (χ2n) is 17.8. The molecule has 0 spiro atoms. The maximum atomic E-state index is 2.41. The van der Waals surface area contributed by atoms with Gasteiger partial charge in [0, 0.05) is 74.2 Å². The highest BCUT2D eigenvalue weighted by molar-refractivity contribution is 5.91. The Bertz CT molecular complexity index is 3390. The summed E-state index contributed by atoms with van der Waals surface area (Å²) in [6, 6.07) is 89.6. The molecule has 0 saturated heterocycles. The number of fused-ring (bicyclic) bond motifs is 3. The van der Waals surface area contributed by atoms with Crippen molar-refractivity contribution in [3.8, 4) is 0 Å². The molecule has 0 heterocycles. The zero-order valence-electron chi connectivity index (χ0n) is 38.7. The molecular weight excluding hydrogens is 849 g/mol. The van der Waals surface area contributed by atoms with Gasteiger partial charge in [-0.05, 0) is 173 Å². The lowest BCUT2D eigenvalue weighted by Gasteiger charge is -2.33. The third-order valence-electron chi connectivity index (χ3n) is 13.5. The number of anilines is 11. The molecule has 0 radical (unpaired) electrons. The smallest absolute Gasteiger partial charge is 0.0468 e. The monoisotopic (exact) mass is 898 g/mol. The minimum absolute atomic E-state index is 0.357. The fraction of sp³-hybridized carbons (Fsp3) is 0.0303. The van der Waals surface area contributed by atoms with Gasteiger partial charge in [-0.1, -0.05) is 146 Å². The summed E-state index contributed by atoms with van der Waals surface area (Å²) in [7, 11) is 0. The molecule has 0 aromatic heterocycles. The average Bonchev–Trinajstić information content (AvgIpc) is 3.43. The molecule has 0 bridgehead atoms. The summed E-state index contributed by atoms with van der Waals surface area (Å²) in [5, 5.41) is 4.85. The molecule has 334 valence electrons. The lowest BCUT2D eigenvalue weighted by atomic mass is 9.86. The topological polar surface area (TPSA) is 13.0 Å². The molecule has 12 rings (SSSR count). The summed E-state index contributed by atoms with van der Waals surface area (Å²) in [6.07, 6.45) is 14.4. The van der Waals surface area contributed by atoms with Gasteiger partial charge in [0.05, 0.1) is 0 Å². The van der Waals surface area contributed by atoms with Gasteiger partial charge in [0.2, 0.25) is 0 Å². The fourth-order valence-corrected chi connectivity index (χ4v) is 10.1. The van der Waals surface area contributed by atoms with Gasteiger partial charge in [-0.2, -0.15) is 0 Å². The van der Waals surface area contributed by atoms with Crippen LogP contribution in [-0.2, 0) is 0 Å². The standard InChI is InChI=1S/C66H50N4/c1-4-22-55(23-5-1)68(64-31-28-49-16-10-13-19-52(49)46-64)61-40-34-58(35-41-61)67(59-36-42-62(43-37-59)69(56-24-6-2-7-25-56)65-32-29-50-17-11-14-20-53(50)47-65)60-38-44-63(45-39-60)70(57-26-8-3-9-27-57)66-33-30-51-18-12-15-21-54(51)48-66/h1-47,54H,48H2. The van der Waals surface area contributed by atoms with E-state index < -0.39 is 0 Å². The number of hydrogen-bond donors (Lipinski definition) is 0. The molecule has 10 aromatic carbocycles. The summed E-state index contributed by atoms with van der Waals surface area (Å²) >= 11 is 0. The van der Waals surface area contributed by atoms with Crippen molar-refractivity contribution in [2.24, 2.45) is 5.92 Å². The van der Waals surface area contributed by atoms with Crippen LogP contribution < -0.4 is 19.6 Å². The second-order valence-corrected chi connectivity index (χ2v) is 17.8. The summed E-state index contributed by atoms with van der Waals surface area (Å²) in [6.45, 7) is 0. The molecule has 10 aromatic rings. The second kappa shape index (κ2) is 18.9. The minimum atomic E-state index is 0.357. The van der Waals surface area contributed by atoms with Crippen LogP contribution in [0.4, 0.5) is 62.6 Å². The molecule has 0 saturated carbocycles. The molecule has 70 heavy (non-hydrogen) atoms. The highest BCUT2D eigenvalue weighted by Crippen LogP contribution is 2.44. The van der Waals surface area contributed by atoms with Crippen LogP contribution in [0.1, 0.15) is 6.42 Å². The van der Waals surface area contributed by atoms with Gasteiger partial charge in [-0.25, -0.2) is 0 Å². The first kappa shape index (κ1) is 42.2. The van der Waals surface area contributed by atoms with E-state index in [2.05, 4.69) is 305 Å². The van der Waals surface area contributed by atoms with Crippen LogP contribution >= 0.6 is 0 Å². The van der Waals surface area contributed by atoms with Crippen molar-refractivity contribution in [2.45, 2.75) is 6.42 Å². The number of nitrogens with zero attached hydrogens (tertiary/aromatic N) is 4. The molecule has 0 amide bonds. The summed E-state index contributed by atoms with van der Waals surface area (Å²) in [4.78, 5) is 9.45. The Balaban J connectivity index is 0.951. The van der Waals surface area contributed by atoms with E-state index in [1.807, 2.05) is 0 Å². The molecular formula is C66H50N4. The van der Waals surface area contributed by atoms with Crippen LogP contribution in [-0.4, -0.2) is 0 Å². The quantitative estimate of drug-likeness (QED) is 0.121. The van der Waals surface area contributed by atoms with Gasteiger partial charge in [-0.3, -0.25) is 0 Å². The molecule has 0 N–H and O–H groups in total. The number of para-hydroxylation sites is 3. The molecule has 0 aliphatic heterocycles. The van der Waals surface area contributed by atoms with E-state index in [0.29, 0.717) is 5.92 Å². The number of allylic oxidation sites excluding steroid dienone is 8. The van der Waals surface area contributed by atoms with Crippen molar-refractivity contribution in [3.05, 3.63) is 296 Å². The van der Waals surface area contributed by atoms with Gasteiger partial charge in [-0.15, -0.1) is 0 Å². The van der Waals surface area contributed by atoms with Crippen LogP contribution in [0.2, 0.25) is 0 Å². The van der Waals surface area contributed by atoms with Crippen LogP contribution in [0, 0.1) is 5.92 Å². The lowest BCUT2D eigenvalue weighted by Crippen LogP contribution is -2.21. The Kier molecular flexibility index (Phi) is 11.4. The predicted molar refractivity (Wildman–Crippen MR) is 297 cm³/mol. The van der Waals surface area contributed by atoms with E-state index in [0.717, 1.165) is 69.0 Å². The van der Waals surface area contributed by atoms with Crippen molar-refractivity contribution < 1.29 is 0 Å². The summed E-state index contributed by atoms with van der Waals surface area (Å²) in [5.74, 6) is 0.357. The normalized spacial score (nSPS) is 13.9. The fourth-order valence-electron chi connectivity index (χ4n) is 10.1. The van der Waals surface area contributed by atoms with Crippen LogP contribution in [0.25, 0.3) is 21.5 Å². The first-order valence-corrected chi connectivity index (χ1v) is 24.1. The van der Waals surface area contributed by atoms with Crippen molar-refractivity contribution in [1.29, 1.82) is 0 Å². The molecule has 0 fully saturated rings. The number of rotatable bonds is 12. The molecule has 4 nitrogen and oxygen atoms in total. The van der Waals surface area contributed by atoms with Crippen molar-refractivity contribution >= 4 is 84.1 Å². The predicted octanol–water partition coefficient (Wildman–Crippen LogP) is 18.5. The van der Waals surface area contributed by atoms with E-state index in [9.17, 15) is 0 Å². The van der Waals surface area contributed by atoms with Crippen LogP contribution in [0.5, 0.6) is 0 Å². The van der Waals surface area contributed by atoms with Crippen LogP contribution in [0.15, 0.2) is 296 Å². The van der Waals surface area contributed by atoms with Gasteiger partial charge >= 0.3 is 0 Å². The Morgan fingerprint density at radius 1 is 0.271 bits per heavy atom. The number of hydrogen-bond acceptors (Lipinski definition) is 4. The summed E-state index contributed by atoms with van der Waals surface area (Å²) < 4.78 is 0. The van der Waals surface area contributed by atoms with Crippen molar-refractivity contribution in [3.63, 3.8) is 0 Å². The SMILES string of the molecule is C1=CC2=CC=C(N(c3ccccc3)c3ccc(N(c4ccc(N(c5ccccc5)c5ccc6ccccc6c5)cc4)c4ccc(N(c5ccccc5)c5ccc6ccccc6c5)cc4)cc3)CC2C=C1. The van der Waals surface area contributed by atoms with E-state index in [1.165, 1.54) is 32.8 Å². The Hall–Kier alpha value is -9.12. The minimum Gasteiger partial charge on any atom is -0.314 e. The van der Waals surface area contributed by atoms with E-state index in [-0.39, 0.29) is 0 Å². The lowest BCUT2D eigenvalue weighted by molar-refractivity contribution is 0.732. The third kappa shape index (κ3) is 8.44. The Labute approximate surface area is 410 Å². The van der Waals surface area contributed by atoms with Crippen molar-refractivity contribution in [1.82, 2.24) is 0 Å². The summed E-state index contributed by atoms with van der Waals surface area (Å²) in [5.41, 5.74) is 14.6. The van der Waals surface area contributed by atoms with Crippen LogP contribution in [0.3, 0.4) is 0 Å². The Morgan fingerprint density at radius 3 is 1.03 bits per heavy atom. The highest BCUT2D eigenvalue weighted by atomic mass is 15.2. The maximum absolute atomic E-state index is 2.41. The third-order valence-corrected chi connectivity index (χ3v) is 13.5. The number of benzene rings is 10. The molecule has 1 atom stereocenters. The van der Waals surface area contributed by atoms with Gasteiger partial charge in [0.15, 0.2) is 0 Å². The van der Waals surface area contributed by atoms with Crippen molar-refractivity contribution in [2.75, 3.05) is 19.6 Å². The average molecular weight is 899 g/mol. The highest BCUT2D eigenvalue weighted by Gasteiger charge is 2.24. The first-order valence-electron chi connectivity index (χ1n) is 24.1. The van der Waals surface area contributed by atoms with E-state index in [1.54, 1.807) is 0 Å². The van der Waals surface area contributed by atoms with Gasteiger partial charge < -0.3 is 19.6 Å². The molecule has 2 aliphatic carbocycles. The zero-order valence-corrected chi connectivity index (χ0v) is 38.7. The van der Waals surface area contributed by atoms with Gasteiger partial charge in [0.25, 0.3) is 0 Å². The van der Waals surface area contributed by atoms with E-state index >= 15 is 0 Å². The van der Waals surface area contributed by atoms with E-state index in [4.69, 9.17) is 0 Å². The zero-order chi connectivity index (χ0) is 46.6. The first-order chi connectivity index (χ1) is 34.7. The largest absolute Gasteiger partial charge is 0.314 e. The molecule has 4 heteroatoms. The Morgan fingerprint density at radius 2 is 0.600 bits per heavy atom. The maximum Gasteiger partial charge on any atom is 0.0468 e. The molecule has 2 aliphatic rings.